The van der Waals surface area contributed by atoms with Gasteiger partial charge >= 0.3 is 6.18 Å². The number of alkyl halides is 3. The molecule has 1 amide bonds. The van der Waals surface area contributed by atoms with Crippen molar-refractivity contribution in [2.24, 2.45) is 0 Å². The molecule has 1 fully saturated rings. The SMILES string of the molecule is Nc1ccc(CN2CCCC2=O)c(C(F)(F)F)c1. The molecule has 6 heteroatoms. The van der Waals surface area contributed by atoms with Crippen LogP contribution in [0.4, 0.5) is 18.9 Å². The van der Waals surface area contributed by atoms with Gasteiger partial charge in [0.25, 0.3) is 0 Å². The van der Waals surface area contributed by atoms with Crippen molar-refractivity contribution in [2.75, 3.05) is 12.3 Å². The van der Waals surface area contributed by atoms with Crippen molar-refractivity contribution in [1.29, 1.82) is 0 Å². The van der Waals surface area contributed by atoms with E-state index in [0.717, 1.165) is 6.07 Å². The van der Waals surface area contributed by atoms with E-state index in [0.29, 0.717) is 19.4 Å². The van der Waals surface area contributed by atoms with Crippen molar-refractivity contribution in [3.05, 3.63) is 29.3 Å². The first-order valence-electron chi connectivity index (χ1n) is 5.61. The van der Waals surface area contributed by atoms with E-state index in [9.17, 15) is 18.0 Å². The van der Waals surface area contributed by atoms with Gasteiger partial charge in [-0.15, -0.1) is 0 Å². The molecule has 1 aliphatic rings. The Morgan fingerprint density at radius 2 is 2.06 bits per heavy atom. The normalized spacial score (nSPS) is 16.4. The highest BCUT2D eigenvalue weighted by Gasteiger charge is 2.34. The molecule has 2 rings (SSSR count). The van der Waals surface area contributed by atoms with Gasteiger partial charge in [-0.1, -0.05) is 6.07 Å². The molecule has 0 aliphatic carbocycles. The van der Waals surface area contributed by atoms with Crippen molar-refractivity contribution in [2.45, 2.75) is 25.6 Å². The summed E-state index contributed by atoms with van der Waals surface area (Å²) < 4.78 is 38.5. The van der Waals surface area contributed by atoms with Crippen molar-refractivity contribution >= 4 is 11.6 Å². The number of hydrogen-bond acceptors (Lipinski definition) is 2. The van der Waals surface area contributed by atoms with Crippen molar-refractivity contribution in [3.63, 3.8) is 0 Å². The van der Waals surface area contributed by atoms with E-state index in [2.05, 4.69) is 0 Å². The average molecular weight is 258 g/mol. The van der Waals surface area contributed by atoms with Crippen LogP contribution in [0.15, 0.2) is 18.2 Å². The molecule has 0 spiro atoms. The van der Waals surface area contributed by atoms with E-state index in [-0.39, 0.29) is 23.7 Å². The Morgan fingerprint density at radius 1 is 1.33 bits per heavy atom. The number of nitrogens with zero attached hydrogens (tertiary/aromatic N) is 1. The summed E-state index contributed by atoms with van der Waals surface area (Å²) >= 11 is 0. The van der Waals surface area contributed by atoms with E-state index >= 15 is 0 Å². The summed E-state index contributed by atoms with van der Waals surface area (Å²) in [6.07, 6.45) is -3.33. The summed E-state index contributed by atoms with van der Waals surface area (Å²) in [6, 6.07) is 3.67. The quantitative estimate of drug-likeness (QED) is 0.828. The maximum atomic E-state index is 12.8. The number of nitrogens with two attached hydrogens (primary N) is 1. The van der Waals surface area contributed by atoms with Gasteiger partial charge in [0.1, 0.15) is 0 Å². The van der Waals surface area contributed by atoms with Crippen LogP contribution < -0.4 is 5.73 Å². The maximum absolute atomic E-state index is 12.8. The van der Waals surface area contributed by atoms with Crippen LogP contribution in [-0.4, -0.2) is 17.4 Å². The van der Waals surface area contributed by atoms with E-state index in [1.807, 2.05) is 0 Å². The van der Waals surface area contributed by atoms with E-state index < -0.39 is 11.7 Å². The van der Waals surface area contributed by atoms with Gasteiger partial charge in [0.2, 0.25) is 5.91 Å². The third-order valence-corrected chi connectivity index (χ3v) is 2.97. The maximum Gasteiger partial charge on any atom is 0.416 e. The Hall–Kier alpha value is -1.72. The lowest BCUT2D eigenvalue weighted by Gasteiger charge is -2.19. The first-order chi connectivity index (χ1) is 8.38. The Labute approximate surface area is 102 Å². The van der Waals surface area contributed by atoms with Crippen LogP contribution in [0.1, 0.15) is 24.0 Å². The summed E-state index contributed by atoms with van der Waals surface area (Å²) in [7, 11) is 0. The predicted octanol–water partition coefficient (Wildman–Crippen LogP) is 2.41. The molecule has 3 nitrogen and oxygen atoms in total. The molecule has 0 aromatic heterocycles. The molecule has 0 radical (unpaired) electrons. The largest absolute Gasteiger partial charge is 0.416 e. The fourth-order valence-electron chi connectivity index (χ4n) is 2.07. The monoisotopic (exact) mass is 258 g/mol. The number of nitrogen functional groups attached to an aromatic ring is 1. The Bertz CT molecular complexity index is 471. The minimum Gasteiger partial charge on any atom is -0.399 e. The average Bonchev–Trinajstić information content (AvgIpc) is 2.66. The van der Waals surface area contributed by atoms with Gasteiger partial charge in [-0.2, -0.15) is 13.2 Å². The molecule has 0 bridgehead atoms. The minimum absolute atomic E-state index is 0.00600. The number of amides is 1. The topological polar surface area (TPSA) is 46.3 Å². The summed E-state index contributed by atoms with van der Waals surface area (Å²) in [6.45, 7) is 0.508. The summed E-state index contributed by atoms with van der Waals surface area (Å²) in [5.74, 6) is -0.0973. The molecular weight excluding hydrogens is 245 g/mol. The standard InChI is InChI=1S/C12H13F3N2O/c13-12(14,15)10-6-9(16)4-3-8(10)7-17-5-1-2-11(17)18/h3-4,6H,1-2,5,7,16H2. The Morgan fingerprint density at radius 3 is 2.61 bits per heavy atom. The molecule has 1 aromatic carbocycles. The first-order valence-corrected chi connectivity index (χ1v) is 5.61. The van der Waals surface area contributed by atoms with Crippen molar-refractivity contribution in [3.8, 4) is 0 Å². The third-order valence-electron chi connectivity index (χ3n) is 2.97. The van der Waals surface area contributed by atoms with Crippen LogP contribution in [0.2, 0.25) is 0 Å². The molecular formula is C12H13F3N2O. The van der Waals surface area contributed by atoms with Crippen LogP contribution in [-0.2, 0) is 17.5 Å². The van der Waals surface area contributed by atoms with Gasteiger partial charge < -0.3 is 10.6 Å². The molecule has 1 aromatic rings. The van der Waals surface area contributed by atoms with Crippen molar-refractivity contribution in [1.82, 2.24) is 4.90 Å². The van der Waals surface area contributed by atoms with Gasteiger partial charge in [0.15, 0.2) is 0 Å². The molecule has 1 saturated heterocycles. The zero-order valence-electron chi connectivity index (χ0n) is 9.63. The number of hydrogen-bond donors (Lipinski definition) is 1. The highest BCUT2D eigenvalue weighted by molar-refractivity contribution is 5.78. The lowest BCUT2D eigenvalue weighted by atomic mass is 10.1. The minimum atomic E-state index is -4.45. The number of benzene rings is 1. The number of likely N-dealkylation sites (tertiary alicyclic amines) is 1. The van der Waals surface area contributed by atoms with Crippen LogP contribution in [0.3, 0.4) is 0 Å². The zero-order chi connectivity index (χ0) is 13.3. The first kappa shape index (κ1) is 12.7. The molecule has 1 heterocycles. The molecule has 18 heavy (non-hydrogen) atoms. The van der Waals surface area contributed by atoms with Crippen LogP contribution in [0.25, 0.3) is 0 Å². The van der Waals surface area contributed by atoms with Crippen molar-refractivity contribution < 1.29 is 18.0 Å². The fraction of sp³-hybridized carbons (Fsp3) is 0.417. The van der Waals surface area contributed by atoms with Gasteiger partial charge in [-0.25, -0.2) is 0 Å². The zero-order valence-corrected chi connectivity index (χ0v) is 9.63. The Kier molecular flexibility index (Phi) is 3.19. The van der Waals surface area contributed by atoms with E-state index in [4.69, 9.17) is 5.73 Å². The van der Waals surface area contributed by atoms with Gasteiger partial charge in [0.05, 0.1) is 5.56 Å². The van der Waals surface area contributed by atoms with Gasteiger partial charge in [-0.3, -0.25) is 4.79 Å². The third kappa shape index (κ3) is 2.57. The smallest absolute Gasteiger partial charge is 0.399 e. The molecule has 0 atom stereocenters. The Balaban J connectivity index is 2.29. The molecule has 98 valence electrons. The highest BCUT2D eigenvalue weighted by atomic mass is 19.4. The van der Waals surface area contributed by atoms with E-state index in [1.165, 1.54) is 17.0 Å². The van der Waals surface area contributed by atoms with Gasteiger partial charge in [0, 0.05) is 25.2 Å². The second-order valence-electron chi connectivity index (χ2n) is 4.33. The number of anilines is 1. The molecule has 0 saturated carbocycles. The summed E-state index contributed by atoms with van der Waals surface area (Å²) in [4.78, 5) is 12.9. The fourth-order valence-corrected chi connectivity index (χ4v) is 2.07. The molecule has 1 aliphatic heterocycles. The van der Waals surface area contributed by atoms with E-state index in [1.54, 1.807) is 0 Å². The number of carbonyl (C=O) groups excluding carboxylic acids is 1. The molecule has 0 unspecified atom stereocenters. The van der Waals surface area contributed by atoms with Crippen LogP contribution in [0, 0.1) is 0 Å². The number of halogens is 3. The second-order valence-corrected chi connectivity index (χ2v) is 4.33. The lowest BCUT2D eigenvalue weighted by molar-refractivity contribution is -0.139. The second kappa shape index (κ2) is 4.51. The molecule has 2 N–H and O–H groups in total. The van der Waals surface area contributed by atoms with Crippen LogP contribution >= 0.6 is 0 Å². The predicted molar refractivity (Wildman–Crippen MR) is 60.5 cm³/mol. The van der Waals surface area contributed by atoms with Gasteiger partial charge in [-0.05, 0) is 24.1 Å². The summed E-state index contributed by atoms with van der Waals surface area (Å²) in [5.41, 5.74) is 4.78. The van der Waals surface area contributed by atoms with Crippen LogP contribution in [0.5, 0.6) is 0 Å². The number of rotatable bonds is 2. The summed E-state index contributed by atoms with van der Waals surface area (Å²) in [5, 5.41) is 0. The highest BCUT2D eigenvalue weighted by Crippen LogP contribution is 2.34. The lowest BCUT2D eigenvalue weighted by Crippen LogP contribution is -2.25. The number of carbonyl (C=O) groups is 1.